The van der Waals surface area contributed by atoms with Crippen molar-refractivity contribution in [3.05, 3.63) is 82.1 Å². The van der Waals surface area contributed by atoms with Crippen LogP contribution in [0.2, 0.25) is 0 Å². The minimum absolute atomic E-state index is 0.255. The van der Waals surface area contributed by atoms with Gasteiger partial charge in [-0.2, -0.15) is 0 Å². The summed E-state index contributed by atoms with van der Waals surface area (Å²) in [7, 11) is 1.35. The molecule has 0 aliphatic carbocycles. The third-order valence-electron chi connectivity index (χ3n) is 5.13. The van der Waals surface area contributed by atoms with E-state index in [2.05, 4.69) is 15.9 Å². The fourth-order valence-electron chi connectivity index (χ4n) is 3.74. The molecule has 2 aromatic heterocycles. The number of aromatic nitrogens is 2. The lowest BCUT2D eigenvalue weighted by atomic mass is 10.1. The molecule has 31 heavy (non-hydrogen) atoms. The lowest BCUT2D eigenvalue weighted by molar-refractivity contribution is 0.0512. The summed E-state index contributed by atoms with van der Waals surface area (Å²) in [5, 5.41) is 0.865. The van der Waals surface area contributed by atoms with E-state index in [9.17, 15) is 9.59 Å². The third-order valence-corrected chi connectivity index (χ3v) is 5.77. The summed E-state index contributed by atoms with van der Waals surface area (Å²) in [5.74, 6) is -0.890. The average molecular weight is 481 g/mol. The van der Waals surface area contributed by atoms with Crippen molar-refractivity contribution in [2.24, 2.45) is 0 Å². The molecule has 0 aliphatic rings. The van der Waals surface area contributed by atoms with Gasteiger partial charge in [-0.05, 0) is 48.0 Å². The maximum absolute atomic E-state index is 12.9. The molecular formula is C24H21BrN2O4. The van der Waals surface area contributed by atoms with Crippen LogP contribution in [0.25, 0.3) is 22.2 Å². The Labute approximate surface area is 188 Å². The van der Waals surface area contributed by atoms with Gasteiger partial charge in [0.2, 0.25) is 0 Å². The number of nitrogens with zero attached hydrogens (tertiary/aromatic N) is 2. The number of fused-ring (bicyclic) bond motifs is 1. The molecule has 0 amide bonds. The number of rotatable bonds is 5. The van der Waals surface area contributed by atoms with Crippen LogP contribution in [0, 0.1) is 6.92 Å². The van der Waals surface area contributed by atoms with E-state index < -0.39 is 11.9 Å². The van der Waals surface area contributed by atoms with Crippen LogP contribution in [0.3, 0.4) is 0 Å². The number of hydrogen-bond acceptors (Lipinski definition) is 4. The number of carbonyl (C=O) groups is 2. The minimum atomic E-state index is -0.447. The second-order valence-corrected chi connectivity index (χ2v) is 7.79. The number of para-hydroxylation sites is 1. The quantitative estimate of drug-likeness (QED) is 0.356. The first-order valence-corrected chi connectivity index (χ1v) is 10.6. The van der Waals surface area contributed by atoms with Crippen LogP contribution in [0.5, 0.6) is 0 Å². The van der Waals surface area contributed by atoms with E-state index >= 15 is 0 Å². The zero-order valence-electron chi connectivity index (χ0n) is 17.4. The van der Waals surface area contributed by atoms with Crippen LogP contribution in [0.4, 0.5) is 0 Å². The number of ether oxygens (including phenoxy) is 2. The molecule has 7 heteroatoms. The van der Waals surface area contributed by atoms with Crippen molar-refractivity contribution in [3.8, 4) is 11.3 Å². The lowest BCUT2D eigenvalue weighted by Crippen LogP contribution is -2.20. The molecule has 2 aromatic carbocycles. The first kappa shape index (κ1) is 20.9. The summed E-state index contributed by atoms with van der Waals surface area (Å²) in [6.45, 7) is 3.86. The summed E-state index contributed by atoms with van der Waals surface area (Å²) in [5.41, 5.74) is 3.85. The zero-order chi connectivity index (χ0) is 22.1. The maximum Gasteiger partial charge on any atom is 0.356 e. The van der Waals surface area contributed by atoms with Crippen molar-refractivity contribution in [1.29, 1.82) is 0 Å². The summed E-state index contributed by atoms with van der Waals surface area (Å²) in [4.78, 5) is 25.4. The van der Waals surface area contributed by atoms with Crippen molar-refractivity contribution >= 4 is 38.8 Å². The first-order valence-electron chi connectivity index (χ1n) is 9.81. The van der Waals surface area contributed by atoms with Crippen molar-refractivity contribution in [1.82, 2.24) is 9.35 Å². The van der Waals surface area contributed by atoms with E-state index in [0.29, 0.717) is 17.0 Å². The molecule has 2 heterocycles. The van der Waals surface area contributed by atoms with Gasteiger partial charge in [-0.1, -0.05) is 42.5 Å². The van der Waals surface area contributed by atoms with E-state index in [0.717, 1.165) is 26.6 Å². The topological polar surface area (TPSA) is 62.5 Å². The van der Waals surface area contributed by atoms with Gasteiger partial charge in [0.25, 0.3) is 0 Å². The Balaban J connectivity index is 2.13. The smallest absolute Gasteiger partial charge is 0.356 e. The van der Waals surface area contributed by atoms with Crippen molar-refractivity contribution in [2.45, 2.75) is 13.8 Å². The van der Waals surface area contributed by atoms with Crippen LogP contribution < -0.4 is 0 Å². The van der Waals surface area contributed by atoms with E-state index in [4.69, 9.17) is 9.47 Å². The number of carbonyl (C=O) groups excluding carboxylic acids is 2. The molecule has 0 fully saturated rings. The second kappa shape index (κ2) is 8.43. The molecule has 4 aromatic rings. The Bertz CT molecular complexity index is 1290. The lowest BCUT2D eigenvalue weighted by Gasteiger charge is -2.18. The van der Waals surface area contributed by atoms with Crippen LogP contribution in [0.15, 0.2) is 65.1 Å². The highest BCUT2D eigenvalue weighted by molar-refractivity contribution is 9.10. The van der Waals surface area contributed by atoms with Gasteiger partial charge in [0.15, 0.2) is 0 Å². The van der Waals surface area contributed by atoms with E-state index in [1.165, 1.54) is 7.11 Å². The summed E-state index contributed by atoms with van der Waals surface area (Å²) >= 11 is 3.62. The second-order valence-electron chi connectivity index (χ2n) is 6.94. The molecule has 158 valence electrons. The molecule has 0 unspecified atom stereocenters. The SMILES string of the molecule is CCOC(=O)c1cc2cccc(Br)c2n1-n1c(-c2ccccc2)cc(C(=O)OC)c1C. The van der Waals surface area contributed by atoms with Crippen LogP contribution in [-0.2, 0) is 9.47 Å². The largest absolute Gasteiger partial charge is 0.465 e. The number of hydrogen-bond donors (Lipinski definition) is 0. The normalized spacial score (nSPS) is 11.0. The minimum Gasteiger partial charge on any atom is -0.465 e. The third kappa shape index (κ3) is 3.55. The Morgan fingerprint density at radius 1 is 0.968 bits per heavy atom. The summed E-state index contributed by atoms with van der Waals surface area (Å²) < 4.78 is 14.8. The summed E-state index contributed by atoms with van der Waals surface area (Å²) in [6, 6.07) is 19.0. The van der Waals surface area contributed by atoms with Crippen molar-refractivity contribution < 1.29 is 19.1 Å². The first-order chi connectivity index (χ1) is 15.0. The van der Waals surface area contributed by atoms with Gasteiger partial charge in [0, 0.05) is 15.4 Å². The van der Waals surface area contributed by atoms with E-state index in [1.54, 1.807) is 23.7 Å². The molecule has 0 atom stereocenters. The highest BCUT2D eigenvalue weighted by atomic mass is 79.9. The molecule has 0 radical (unpaired) electrons. The summed E-state index contributed by atoms with van der Waals surface area (Å²) in [6.07, 6.45) is 0. The maximum atomic E-state index is 12.9. The average Bonchev–Trinajstić information content (AvgIpc) is 3.32. The van der Waals surface area contributed by atoms with Crippen LogP contribution in [0.1, 0.15) is 33.5 Å². The Morgan fingerprint density at radius 3 is 2.39 bits per heavy atom. The number of benzene rings is 2. The molecule has 6 nitrogen and oxygen atoms in total. The predicted molar refractivity (Wildman–Crippen MR) is 122 cm³/mol. The van der Waals surface area contributed by atoms with Gasteiger partial charge in [-0.3, -0.25) is 4.68 Å². The Morgan fingerprint density at radius 2 is 1.71 bits per heavy atom. The Hall–Kier alpha value is -3.32. The van der Waals surface area contributed by atoms with Gasteiger partial charge in [-0.25, -0.2) is 14.3 Å². The standard InChI is InChI=1S/C24H21BrN2O4/c1-4-31-24(29)21-13-17-11-8-12-19(25)22(17)27(21)26-15(2)18(23(28)30-3)14-20(26)16-9-6-5-7-10-16/h5-14H,4H2,1-3H3. The highest BCUT2D eigenvalue weighted by Crippen LogP contribution is 2.33. The molecule has 0 saturated heterocycles. The van der Waals surface area contributed by atoms with Gasteiger partial charge in [0.05, 0.1) is 36.2 Å². The van der Waals surface area contributed by atoms with Crippen LogP contribution >= 0.6 is 15.9 Å². The molecule has 0 bridgehead atoms. The van der Waals surface area contributed by atoms with Gasteiger partial charge >= 0.3 is 11.9 Å². The molecule has 4 rings (SSSR count). The van der Waals surface area contributed by atoms with Crippen molar-refractivity contribution in [2.75, 3.05) is 13.7 Å². The van der Waals surface area contributed by atoms with Crippen LogP contribution in [-0.4, -0.2) is 35.0 Å². The number of halogens is 1. The number of esters is 2. The van der Waals surface area contributed by atoms with Gasteiger partial charge in [0.1, 0.15) is 5.69 Å². The number of methoxy groups -OCH3 is 1. The highest BCUT2D eigenvalue weighted by Gasteiger charge is 2.26. The Kier molecular flexibility index (Phi) is 5.69. The molecule has 0 N–H and O–H groups in total. The molecule has 0 spiro atoms. The predicted octanol–water partition coefficient (Wildman–Crippen LogP) is 5.46. The molecular weight excluding hydrogens is 460 g/mol. The fraction of sp³-hybridized carbons (Fsp3) is 0.167. The van der Waals surface area contributed by atoms with Gasteiger partial charge < -0.3 is 9.47 Å². The van der Waals surface area contributed by atoms with Gasteiger partial charge in [-0.15, -0.1) is 0 Å². The molecule has 0 saturated carbocycles. The van der Waals surface area contributed by atoms with E-state index in [-0.39, 0.29) is 6.61 Å². The monoisotopic (exact) mass is 480 g/mol. The van der Waals surface area contributed by atoms with E-state index in [1.807, 2.05) is 60.1 Å². The molecule has 0 aliphatic heterocycles. The van der Waals surface area contributed by atoms with Crippen molar-refractivity contribution in [3.63, 3.8) is 0 Å². The fourth-order valence-corrected chi connectivity index (χ4v) is 4.29. The zero-order valence-corrected chi connectivity index (χ0v) is 19.0.